The molecule has 1 atom stereocenters. The van der Waals surface area contributed by atoms with Crippen molar-refractivity contribution in [3.05, 3.63) is 54.1 Å². The number of carbonyl (C=O) groups is 1. The Balaban J connectivity index is 1.80. The molecule has 34 heavy (non-hydrogen) atoms. The summed E-state index contributed by atoms with van der Waals surface area (Å²) in [5, 5.41) is 9.37. The molecule has 0 unspecified atom stereocenters. The van der Waals surface area contributed by atoms with E-state index in [0.29, 0.717) is 35.7 Å². The van der Waals surface area contributed by atoms with Gasteiger partial charge in [0.05, 0.1) is 12.3 Å². The molecule has 0 spiro atoms. The first-order valence-electron chi connectivity index (χ1n) is 11.7. The quantitative estimate of drug-likeness (QED) is 0.372. The summed E-state index contributed by atoms with van der Waals surface area (Å²) in [5.74, 6) is 2.47. The first-order valence-corrected chi connectivity index (χ1v) is 12.7. The number of thioether (sulfide) groups is 1. The Hall–Kier alpha value is -3.13. The minimum atomic E-state index is -0.699. The van der Waals surface area contributed by atoms with E-state index in [1.165, 1.54) is 0 Å². The highest BCUT2D eigenvalue weighted by molar-refractivity contribution is 7.99. The van der Waals surface area contributed by atoms with Crippen molar-refractivity contribution in [2.45, 2.75) is 51.9 Å². The number of carbonyl (C=O) groups excluding carboxylic acids is 1. The van der Waals surface area contributed by atoms with E-state index in [1.54, 1.807) is 16.7 Å². The number of hydrogen-bond donors (Lipinski definition) is 0. The molecular formula is C26H30N4O3S. The van der Waals surface area contributed by atoms with Crippen molar-refractivity contribution < 1.29 is 14.3 Å². The number of rotatable bonds is 8. The van der Waals surface area contributed by atoms with Gasteiger partial charge in [0, 0.05) is 23.3 Å². The molecule has 178 valence electrons. The summed E-state index contributed by atoms with van der Waals surface area (Å²) in [6.45, 7) is 8.87. The van der Waals surface area contributed by atoms with Crippen LogP contribution in [0.25, 0.3) is 11.3 Å². The predicted octanol–water partition coefficient (Wildman–Crippen LogP) is 5.91. The molecule has 0 saturated carbocycles. The van der Waals surface area contributed by atoms with Gasteiger partial charge in [-0.1, -0.05) is 57.7 Å². The number of ether oxygens (including phenoxy) is 2. The van der Waals surface area contributed by atoms with Gasteiger partial charge in [-0.05, 0) is 42.7 Å². The number of hydrogen-bond acceptors (Lipinski definition) is 7. The van der Waals surface area contributed by atoms with Crippen LogP contribution in [0.15, 0.2) is 53.7 Å². The Kier molecular flexibility index (Phi) is 7.67. The Morgan fingerprint density at radius 3 is 2.59 bits per heavy atom. The lowest BCUT2D eigenvalue weighted by Gasteiger charge is -2.30. The molecule has 0 fully saturated rings. The molecule has 4 rings (SSSR count). The van der Waals surface area contributed by atoms with Gasteiger partial charge in [-0.15, -0.1) is 10.2 Å². The molecule has 7 nitrogen and oxygen atoms in total. The highest BCUT2D eigenvalue weighted by Gasteiger charge is 2.35. The van der Waals surface area contributed by atoms with Crippen LogP contribution in [0, 0.1) is 5.92 Å². The van der Waals surface area contributed by atoms with Crippen LogP contribution < -0.4 is 14.4 Å². The molecule has 2 heterocycles. The molecule has 0 aliphatic carbocycles. The topological polar surface area (TPSA) is 77.4 Å². The van der Waals surface area contributed by atoms with E-state index in [0.717, 1.165) is 34.7 Å². The SMILES string of the molecule is CCCOc1ccc([C@H]2Oc3nc(SCC(C)C)nnc3-c3ccccc3N2C(=O)CC)cc1. The predicted molar refractivity (Wildman–Crippen MR) is 134 cm³/mol. The number of benzene rings is 2. The minimum Gasteiger partial charge on any atom is -0.494 e. The van der Waals surface area contributed by atoms with Gasteiger partial charge in [0.15, 0.2) is 5.69 Å². The normalized spacial score (nSPS) is 14.7. The number of amides is 1. The fourth-order valence-electron chi connectivity index (χ4n) is 3.62. The first kappa shape index (κ1) is 24.0. The van der Waals surface area contributed by atoms with E-state index < -0.39 is 6.23 Å². The summed E-state index contributed by atoms with van der Waals surface area (Å²) in [7, 11) is 0. The third-order valence-electron chi connectivity index (χ3n) is 5.27. The van der Waals surface area contributed by atoms with Crippen LogP contribution in [0.3, 0.4) is 0 Å². The number of anilines is 1. The highest BCUT2D eigenvalue weighted by Crippen LogP contribution is 2.43. The lowest BCUT2D eigenvalue weighted by Crippen LogP contribution is -2.37. The van der Waals surface area contributed by atoms with E-state index in [-0.39, 0.29) is 5.91 Å². The fraction of sp³-hybridized carbons (Fsp3) is 0.385. The second-order valence-electron chi connectivity index (χ2n) is 8.48. The molecule has 0 radical (unpaired) electrons. The summed E-state index contributed by atoms with van der Waals surface area (Å²) in [4.78, 5) is 19.6. The van der Waals surface area contributed by atoms with Crippen molar-refractivity contribution in [1.29, 1.82) is 0 Å². The monoisotopic (exact) mass is 478 g/mol. The maximum atomic E-state index is 13.2. The van der Waals surface area contributed by atoms with E-state index in [9.17, 15) is 4.79 Å². The van der Waals surface area contributed by atoms with Gasteiger partial charge in [0.2, 0.25) is 23.2 Å². The van der Waals surface area contributed by atoms with Gasteiger partial charge >= 0.3 is 0 Å². The van der Waals surface area contributed by atoms with Crippen molar-refractivity contribution in [3.8, 4) is 22.9 Å². The van der Waals surface area contributed by atoms with Gasteiger partial charge in [-0.2, -0.15) is 4.98 Å². The van der Waals surface area contributed by atoms with E-state index >= 15 is 0 Å². The Morgan fingerprint density at radius 2 is 1.88 bits per heavy atom. The average molecular weight is 479 g/mol. The molecule has 8 heteroatoms. The van der Waals surface area contributed by atoms with Crippen LogP contribution in [0.2, 0.25) is 0 Å². The maximum absolute atomic E-state index is 13.2. The Labute approximate surface area is 204 Å². The van der Waals surface area contributed by atoms with Crippen LogP contribution >= 0.6 is 11.8 Å². The maximum Gasteiger partial charge on any atom is 0.247 e. The van der Waals surface area contributed by atoms with Gasteiger partial charge < -0.3 is 9.47 Å². The lowest BCUT2D eigenvalue weighted by atomic mass is 10.1. The second-order valence-corrected chi connectivity index (χ2v) is 9.46. The molecule has 0 N–H and O–H groups in total. The highest BCUT2D eigenvalue weighted by atomic mass is 32.2. The Morgan fingerprint density at radius 1 is 1.12 bits per heavy atom. The average Bonchev–Trinajstić information content (AvgIpc) is 3.00. The zero-order valence-corrected chi connectivity index (χ0v) is 20.8. The van der Waals surface area contributed by atoms with Gasteiger partial charge in [-0.25, -0.2) is 0 Å². The number of nitrogens with zero attached hydrogens (tertiary/aromatic N) is 4. The summed E-state index contributed by atoms with van der Waals surface area (Å²) in [5.41, 5.74) is 2.85. The third-order valence-corrected chi connectivity index (χ3v) is 6.53. The van der Waals surface area contributed by atoms with Crippen LogP contribution in [0.4, 0.5) is 5.69 Å². The third kappa shape index (κ3) is 5.17. The molecule has 1 amide bonds. The van der Waals surface area contributed by atoms with Crippen molar-refractivity contribution in [1.82, 2.24) is 15.2 Å². The zero-order valence-electron chi connectivity index (χ0n) is 20.0. The number of aromatic nitrogens is 3. The molecular weight excluding hydrogens is 448 g/mol. The van der Waals surface area contributed by atoms with Crippen LogP contribution in [0.5, 0.6) is 11.6 Å². The molecule has 1 aromatic heterocycles. The van der Waals surface area contributed by atoms with Crippen molar-refractivity contribution in [2.75, 3.05) is 17.3 Å². The molecule has 0 saturated heterocycles. The number of fused-ring (bicyclic) bond motifs is 3. The molecule has 1 aliphatic rings. The zero-order chi connectivity index (χ0) is 24.1. The van der Waals surface area contributed by atoms with E-state index in [2.05, 4.69) is 31.0 Å². The standard InChI is InChI=1S/C26H30N4O3S/c1-5-15-32-19-13-11-18(12-14-19)25-30(22(31)6-2)21-10-8-7-9-20(21)23-24(33-25)27-26(29-28-23)34-16-17(3)4/h7-14,17,25H,5-6,15-16H2,1-4H3/t25-/m1/s1. The molecule has 3 aromatic rings. The first-order chi connectivity index (χ1) is 16.5. The summed E-state index contributed by atoms with van der Waals surface area (Å²) in [6.07, 6.45) is 0.565. The van der Waals surface area contributed by atoms with E-state index in [1.807, 2.05) is 55.5 Å². The van der Waals surface area contributed by atoms with Crippen molar-refractivity contribution in [2.24, 2.45) is 5.92 Å². The van der Waals surface area contributed by atoms with Gasteiger partial charge in [0.25, 0.3) is 0 Å². The van der Waals surface area contributed by atoms with Crippen molar-refractivity contribution in [3.63, 3.8) is 0 Å². The summed E-state index contributed by atoms with van der Waals surface area (Å²) in [6, 6.07) is 15.3. The molecule has 0 bridgehead atoms. The van der Waals surface area contributed by atoms with Gasteiger partial charge in [0.1, 0.15) is 5.75 Å². The second kappa shape index (κ2) is 10.9. The molecule has 2 aromatic carbocycles. The van der Waals surface area contributed by atoms with Crippen LogP contribution in [0.1, 0.15) is 52.3 Å². The lowest BCUT2D eigenvalue weighted by molar-refractivity contribution is -0.120. The summed E-state index contributed by atoms with van der Waals surface area (Å²) < 4.78 is 12.2. The Bertz CT molecular complexity index is 1140. The minimum absolute atomic E-state index is 0.0565. The van der Waals surface area contributed by atoms with Crippen LogP contribution in [-0.2, 0) is 4.79 Å². The van der Waals surface area contributed by atoms with Crippen LogP contribution in [-0.4, -0.2) is 33.4 Å². The fourth-order valence-corrected chi connectivity index (χ4v) is 4.35. The van der Waals surface area contributed by atoms with Crippen molar-refractivity contribution >= 4 is 23.4 Å². The van der Waals surface area contributed by atoms with E-state index in [4.69, 9.17) is 14.5 Å². The van der Waals surface area contributed by atoms with Gasteiger partial charge in [-0.3, -0.25) is 9.69 Å². The molecule has 1 aliphatic heterocycles. The summed E-state index contributed by atoms with van der Waals surface area (Å²) >= 11 is 1.55. The largest absolute Gasteiger partial charge is 0.494 e. The smallest absolute Gasteiger partial charge is 0.247 e. The number of para-hydroxylation sites is 1.